The molecule has 0 aliphatic carbocycles. The lowest BCUT2D eigenvalue weighted by atomic mass is 10.0. The van der Waals surface area contributed by atoms with E-state index < -0.39 is 33.3 Å². The highest BCUT2D eigenvalue weighted by molar-refractivity contribution is 7.92. The first-order valence-corrected chi connectivity index (χ1v) is 14.6. The van der Waals surface area contributed by atoms with Gasteiger partial charge in [0.25, 0.3) is 0 Å². The van der Waals surface area contributed by atoms with Crippen LogP contribution in [0.3, 0.4) is 0 Å². The Morgan fingerprint density at radius 1 is 1.03 bits per heavy atom. The molecular weight excluding hydrogens is 531 g/mol. The number of carbonyl (C=O) groups excluding carboxylic acids is 2. The van der Waals surface area contributed by atoms with Crippen LogP contribution in [0.2, 0.25) is 0 Å². The van der Waals surface area contributed by atoms with Crippen LogP contribution in [-0.2, 0) is 32.3 Å². The highest BCUT2D eigenvalue weighted by Gasteiger charge is 2.33. The second-order valence-electron chi connectivity index (χ2n) is 10.6. The van der Waals surface area contributed by atoms with Gasteiger partial charge >= 0.3 is 6.18 Å². The number of halogens is 3. The van der Waals surface area contributed by atoms with E-state index in [4.69, 9.17) is 0 Å². The minimum atomic E-state index is -4.63. The molecular formula is C28H38F3N3O4S. The van der Waals surface area contributed by atoms with E-state index >= 15 is 0 Å². The Morgan fingerprint density at radius 3 is 2.21 bits per heavy atom. The van der Waals surface area contributed by atoms with Crippen molar-refractivity contribution in [2.45, 2.75) is 78.2 Å². The first kappa shape index (κ1) is 32.1. The Labute approximate surface area is 229 Å². The van der Waals surface area contributed by atoms with E-state index in [1.807, 2.05) is 58.9 Å². The fourth-order valence-corrected chi connectivity index (χ4v) is 5.14. The molecule has 2 amide bonds. The predicted molar refractivity (Wildman–Crippen MR) is 147 cm³/mol. The van der Waals surface area contributed by atoms with Crippen molar-refractivity contribution in [1.82, 2.24) is 10.2 Å². The third-order valence-electron chi connectivity index (χ3n) is 6.10. The van der Waals surface area contributed by atoms with Crippen LogP contribution in [0, 0.1) is 6.92 Å². The van der Waals surface area contributed by atoms with Crippen molar-refractivity contribution in [3.63, 3.8) is 0 Å². The standard InChI is InChI=1S/C28H38F3N3O4S/c1-7-24(26(36)32-27(3,4)5)33(19-21-13-9-8-12-20(21)2)25(35)16-11-17-34(39(6,37)38)23-15-10-14-22(18-23)28(29,30)31/h8-10,12-15,18,24H,7,11,16-17,19H2,1-6H3,(H,32,36)/t24-/m1/s1. The molecule has 2 rings (SSSR count). The summed E-state index contributed by atoms with van der Waals surface area (Å²) in [7, 11) is -3.93. The van der Waals surface area contributed by atoms with Gasteiger partial charge in [-0.1, -0.05) is 37.3 Å². The number of nitrogens with one attached hydrogen (secondary N) is 1. The molecule has 0 aliphatic heterocycles. The summed E-state index contributed by atoms with van der Waals surface area (Å²) in [6.07, 6.45) is -3.42. The second kappa shape index (κ2) is 12.8. The van der Waals surface area contributed by atoms with Crippen molar-refractivity contribution in [1.29, 1.82) is 0 Å². The molecule has 0 radical (unpaired) electrons. The number of sulfonamides is 1. The van der Waals surface area contributed by atoms with Crippen LogP contribution in [0.25, 0.3) is 0 Å². The van der Waals surface area contributed by atoms with Crippen molar-refractivity contribution in [3.05, 3.63) is 65.2 Å². The zero-order chi connectivity index (χ0) is 29.6. The Kier molecular flexibility index (Phi) is 10.6. The van der Waals surface area contributed by atoms with Gasteiger partial charge in [0.2, 0.25) is 21.8 Å². The number of anilines is 1. The summed E-state index contributed by atoms with van der Waals surface area (Å²) in [6.45, 7) is 9.24. The Hall–Kier alpha value is -3.08. The number of nitrogens with zero attached hydrogens (tertiary/aromatic N) is 2. The molecule has 0 saturated heterocycles. The van der Waals surface area contributed by atoms with Gasteiger partial charge in [-0.2, -0.15) is 13.2 Å². The number of alkyl halides is 3. The van der Waals surface area contributed by atoms with Crippen LogP contribution in [-0.4, -0.2) is 49.5 Å². The van der Waals surface area contributed by atoms with Gasteiger partial charge in [0.1, 0.15) is 6.04 Å². The number of hydrogen-bond donors (Lipinski definition) is 1. The van der Waals surface area contributed by atoms with E-state index in [9.17, 15) is 31.2 Å². The van der Waals surface area contributed by atoms with E-state index in [0.29, 0.717) is 6.42 Å². The molecule has 0 saturated carbocycles. The fraction of sp³-hybridized carbons (Fsp3) is 0.500. The minimum Gasteiger partial charge on any atom is -0.350 e. The monoisotopic (exact) mass is 569 g/mol. The summed E-state index contributed by atoms with van der Waals surface area (Å²) in [6, 6.07) is 10.8. The summed E-state index contributed by atoms with van der Waals surface area (Å²) >= 11 is 0. The van der Waals surface area contributed by atoms with Crippen molar-refractivity contribution >= 4 is 27.5 Å². The van der Waals surface area contributed by atoms with Gasteiger partial charge in [-0.25, -0.2) is 8.42 Å². The molecule has 0 bridgehead atoms. The molecule has 7 nitrogen and oxygen atoms in total. The van der Waals surface area contributed by atoms with Crippen molar-refractivity contribution in [3.8, 4) is 0 Å². The van der Waals surface area contributed by atoms with Crippen LogP contribution in [0.4, 0.5) is 18.9 Å². The Balaban J connectivity index is 2.29. The van der Waals surface area contributed by atoms with E-state index in [1.54, 1.807) is 0 Å². The topological polar surface area (TPSA) is 86.8 Å². The van der Waals surface area contributed by atoms with Crippen molar-refractivity contribution < 1.29 is 31.2 Å². The molecule has 2 aromatic carbocycles. The summed E-state index contributed by atoms with van der Waals surface area (Å²) in [5.41, 5.74) is 0.212. The van der Waals surface area contributed by atoms with Gasteiger partial charge in [-0.15, -0.1) is 0 Å². The third-order valence-corrected chi connectivity index (χ3v) is 7.29. The minimum absolute atomic E-state index is 0.0454. The summed E-state index contributed by atoms with van der Waals surface area (Å²) in [5, 5.41) is 2.93. The van der Waals surface area contributed by atoms with Crippen LogP contribution in [0.5, 0.6) is 0 Å². The SMILES string of the molecule is CC[C@H](C(=O)NC(C)(C)C)N(Cc1ccccc1C)C(=O)CCCN(c1cccc(C(F)(F)F)c1)S(C)(=O)=O. The van der Waals surface area contributed by atoms with Gasteiger partial charge in [-0.3, -0.25) is 13.9 Å². The largest absolute Gasteiger partial charge is 0.416 e. The normalized spacial score (nSPS) is 13.1. The average molecular weight is 570 g/mol. The quantitative estimate of drug-likeness (QED) is 0.399. The highest BCUT2D eigenvalue weighted by atomic mass is 32.2. The predicted octanol–water partition coefficient (Wildman–Crippen LogP) is 5.28. The first-order valence-electron chi connectivity index (χ1n) is 12.7. The molecule has 11 heteroatoms. The average Bonchev–Trinajstić information content (AvgIpc) is 2.80. The molecule has 2 aromatic rings. The van der Waals surface area contributed by atoms with E-state index in [-0.39, 0.29) is 43.4 Å². The molecule has 39 heavy (non-hydrogen) atoms. The van der Waals surface area contributed by atoms with Gasteiger partial charge in [0.15, 0.2) is 0 Å². The van der Waals surface area contributed by atoms with Crippen LogP contribution >= 0.6 is 0 Å². The zero-order valence-corrected chi connectivity index (χ0v) is 24.1. The number of amides is 2. The van der Waals surface area contributed by atoms with Crippen LogP contribution in [0.15, 0.2) is 48.5 Å². The highest BCUT2D eigenvalue weighted by Crippen LogP contribution is 2.32. The van der Waals surface area contributed by atoms with Crippen LogP contribution in [0.1, 0.15) is 63.6 Å². The molecule has 1 atom stereocenters. The molecule has 0 unspecified atom stereocenters. The summed E-state index contributed by atoms with van der Waals surface area (Å²) in [5.74, 6) is -0.652. The first-order chi connectivity index (χ1) is 17.9. The molecule has 0 aromatic heterocycles. The maximum absolute atomic E-state index is 13.5. The molecule has 0 spiro atoms. The number of rotatable bonds is 11. The lowest BCUT2D eigenvalue weighted by Crippen LogP contribution is -2.53. The molecule has 0 fully saturated rings. The van der Waals surface area contributed by atoms with Crippen molar-refractivity contribution in [2.75, 3.05) is 17.1 Å². The third kappa shape index (κ3) is 9.56. The van der Waals surface area contributed by atoms with Gasteiger partial charge in [0, 0.05) is 25.0 Å². The van der Waals surface area contributed by atoms with Gasteiger partial charge in [-0.05, 0) is 69.9 Å². The van der Waals surface area contributed by atoms with Gasteiger partial charge in [0.05, 0.1) is 17.5 Å². The van der Waals surface area contributed by atoms with Crippen LogP contribution < -0.4 is 9.62 Å². The van der Waals surface area contributed by atoms with Gasteiger partial charge < -0.3 is 10.2 Å². The lowest BCUT2D eigenvalue weighted by Gasteiger charge is -2.33. The fourth-order valence-electron chi connectivity index (χ4n) is 4.18. The van der Waals surface area contributed by atoms with E-state index in [0.717, 1.165) is 39.9 Å². The molecule has 0 heterocycles. The number of benzene rings is 2. The van der Waals surface area contributed by atoms with E-state index in [2.05, 4.69) is 5.32 Å². The Morgan fingerprint density at radius 2 is 1.67 bits per heavy atom. The smallest absolute Gasteiger partial charge is 0.350 e. The second-order valence-corrected chi connectivity index (χ2v) is 12.5. The molecule has 216 valence electrons. The number of aryl methyl sites for hydroxylation is 1. The Bertz CT molecular complexity index is 1260. The summed E-state index contributed by atoms with van der Waals surface area (Å²) in [4.78, 5) is 28.1. The maximum atomic E-state index is 13.5. The number of carbonyl (C=O) groups is 2. The maximum Gasteiger partial charge on any atom is 0.416 e. The summed E-state index contributed by atoms with van der Waals surface area (Å²) < 4.78 is 65.4. The zero-order valence-electron chi connectivity index (χ0n) is 23.3. The number of hydrogen-bond acceptors (Lipinski definition) is 4. The van der Waals surface area contributed by atoms with Crippen molar-refractivity contribution in [2.24, 2.45) is 0 Å². The lowest BCUT2D eigenvalue weighted by molar-refractivity contribution is -0.142. The van der Waals surface area contributed by atoms with E-state index in [1.165, 1.54) is 11.0 Å². The molecule has 1 N–H and O–H groups in total. The molecule has 0 aliphatic rings.